The number of aromatic nitrogens is 3. The van der Waals surface area contributed by atoms with Crippen molar-refractivity contribution in [3.05, 3.63) is 28.9 Å². The van der Waals surface area contributed by atoms with Gasteiger partial charge in [0.2, 0.25) is 0 Å². The summed E-state index contributed by atoms with van der Waals surface area (Å²) in [5, 5.41) is 1.01. The molecule has 0 aromatic carbocycles. The standard InChI is InChI=1S/C14H17N5OS/c1-2-10-16-6-9(7-17-10)12-11(13(20)19-15)18-14(21-12)8-4-3-5-8/h6-8H,2-5,15H2,1H3,(H,19,20). The molecule has 3 N–H and O–H groups in total. The number of amides is 1. The maximum absolute atomic E-state index is 11.9. The fourth-order valence-corrected chi connectivity index (χ4v) is 3.45. The average molecular weight is 303 g/mol. The van der Waals surface area contributed by atoms with Crippen molar-refractivity contribution in [1.29, 1.82) is 0 Å². The number of aryl methyl sites for hydroxylation is 1. The molecular weight excluding hydrogens is 286 g/mol. The van der Waals surface area contributed by atoms with Gasteiger partial charge in [0.05, 0.1) is 9.88 Å². The molecule has 1 aliphatic carbocycles. The minimum atomic E-state index is -0.369. The Bertz CT molecular complexity index is 648. The third-order valence-electron chi connectivity index (χ3n) is 3.73. The first kappa shape index (κ1) is 14.1. The van der Waals surface area contributed by atoms with E-state index in [2.05, 4.69) is 20.4 Å². The number of nitrogens with zero attached hydrogens (tertiary/aromatic N) is 3. The van der Waals surface area contributed by atoms with E-state index in [4.69, 9.17) is 5.84 Å². The van der Waals surface area contributed by atoms with Crippen LogP contribution in [0, 0.1) is 0 Å². The predicted octanol–water partition coefficient (Wildman–Crippen LogP) is 2.03. The Morgan fingerprint density at radius 3 is 2.67 bits per heavy atom. The van der Waals surface area contributed by atoms with Gasteiger partial charge in [0, 0.05) is 30.3 Å². The van der Waals surface area contributed by atoms with E-state index in [0.717, 1.165) is 40.5 Å². The molecule has 0 aliphatic heterocycles. The molecular formula is C14H17N5OS. The number of hydrogen-bond acceptors (Lipinski definition) is 6. The second-order valence-electron chi connectivity index (χ2n) is 5.07. The van der Waals surface area contributed by atoms with Crippen LogP contribution in [0.1, 0.15) is 53.4 Å². The molecule has 0 atom stereocenters. The van der Waals surface area contributed by atoms with Crippen LogP contribution in [0.4, 0.5) is 0 Å². The van der Waals surface area contributed by atoms with Gasteiger partial charge in [-0.1, -0.05) is 13.3 Å². The van der Waals surface area contributed by atoms with E-state index >= 15 is 0 Å². The van der Waals surface area contributed by atoms with Crippen LogP contribution in [0.25, 0.3) is 10.4 Å². The molecule has 0 saturated heterocycles. The SMILES string of the molecule is CCc1ncc(-c2sc(C3CCC3)nc2C(=O)NN)cn1. The van der Waals surface area contributed by atoms with Gasteiger partial charge in [0.1, 0.15) is 11.5 Å². The molecule has 0 spiro atoms. The van der Waals surface area contributed by atoms with Crippen LogP contribution >= 0.6 is 11.3 Å². The van der Waals surface area contributed by atoms with E-state index in [1.54, 1.807) is 23.7 Å². The minimum Gasteiger partial charge on any atom is -0.289 e. The monoisotopic (exact) mass is 303 g/mol. The number of carbonyl (C=O) groups excluding carboxylic acids is 1. The first-order valence-corrected chi connectivity index (χ1v) is 7.87. The van der Waals surface area contributed by atoms with E-state index in [0.29, 0.717) is 11.6 Å². The Labute approximate surface area is 126 Å². The molecule has 2 aromatic heterocycles. The number of nitrogen functional groups attached to an aromatic ring is 1. The average Bonchev–Trinajstić information content (AvgIpc) is 2.89. The van der Waals surface area contributed by atoms with E-state index in [9.17, 15) is 4.79 Å². The second kappa shape index (κ2) is 5.87. The fourth-order valence-electron chi connectivity index (χ4n) is 2.24. The number of hydrazine groups is 1. The van der Waals surface area contributed by atoms with Gasteiger partial charge in [0.15, 0.2) is 0 Å². The van der Waals surface area contributed by atoms with Gasteiger partial charge in [-0.15, -0.1) is 11.3 Å². The summed E-state index contributed by atoms with van der Waals surface area (Å²) in [5.74, 6) is 6.15. The van der Waals surface area contributed by atoms with Crippen molar-refractivity contribution in [2.75, 3.05) is 0 Å². The molecule has 7 heteroatoms. The Morgan fingerprint density at radius 2 is 2.14 bits per heavy atom. The highest BCUT2D eigenvalue weighted by Crippen LogP contribution is 2.41. The van der Waals surface area contributed by atoms with Crippen molar-refractivity contribution in [3.63, 3.8) is 0 Å². The fraction of sp³-hybridized carbons (Fsp3) is 0.429. The van der Waals surface area contributed by atoms with Gasteiger partial charge in [-0.3, -0.25) is 10.2 Å². The maximum atomic E-state index is 11.9. The molecule has 0 radical (unpaired) electrons. The van der Waals surface area contributed by atoms with Crippen molar-refractivity contribution in [2.45, 2.75) is 38.5 Å². The van der Waals surface area contributed by atoms with Gasteiger partial charge >= 0.3 is 0 Å². The first-order chi connectivity index (χ1) is 10.2. The number of hydrogen-bond donors (Lipinski definition) is 2. The smallest absolute Gasteiger partial charge is 0.285 e. The van der Waals surface area contributed by atoms with Gasteiger partial charge in [-0.2, -0.15) is 0 Å². The van der Waals surface area contributed by atoms with Crippen molar-refractivity contribution in [3.8, 4) is 10.4 Å². The van der Waals surface area contributed by atoms with E-state index in [1.807, 2.05) is 6.92 Å². The van der Waals surface area contributed by atoms with E-state index in [-0.39, 0.29) is 5.91 Å². The summed E-state index contributed by atoms with van der Waals surface area (Å²) in [6.07, 6.45) is 7.79. The molecule has 1 amide bonds. The zero-order valence-corrected chi connectivity index (χ0v) is 12.6. The Balaban J connectivity index is 2.01. The molecule has 1 aliphatic rings. The number of carbonyl (C=O) groups is 1. The summed E-state index contributed by atoms with van der Waals surface area (Å²) in [6.45, 7) is 2.00. The van der Waals surface area contributed by atoms with Crippen LogP contribution in [0.3, 0.4) is 0 Å². The molecule has 0 unspecified atom stereocenters. The maximum Gasteiger partial charge on any atom is 0.285 e. The highest BCUT2D eigenvalue weighted by Gasteiger charge is 2.27. The number of nitrogens with one attached hydrogen (secondary N) is 1. The summed E-state index contributed by atoms with van der Waals surface area (Å²) < 4.78 is 0. The van der Waals surface area contributed by atoms with Crippen molar-refractivity contribution >= 4 is 17.2 Å². The quantitative estimate of drug-likeness (QED) is 0.512. The summed E-state index contributed by atoms with van der Waals surface area (Å²) in [7, 11) is 0. The lowest BCUT2D eigenvalue weighted by atomic mass is 9.86. The van der Waals surface area contributed by atoms with E-state index < -0.39 is 0 Å². The molecule has 2 heterocycles. The van der Waals surface area contributed by atoms with Crippen LogP contribution in [0.15, 0.2) is 12.4 Å². The van der Waals surface area contributed by atoms with Crippen LogP contribution in [-0.2, 0) is 6.42 Å². The second-order valence-corrected chi connectivity index (χ2v) is 6.10. The summed E-state index contributed by atoms with van der Waals surface area (Å²) in [5.41, 5.74) is 3.35. The summed E-state index contributed by atoms with van der Waals surface area (Å²) in [4.78, 5) is 25.8. The Kier molecular flexibility index (Phi) is 3.94. The Morgan fingerprint density at radius 1 is 1.43 bits per heavy atom. The normalized spacial score (nSPS) is 14.8. The van der Waals surface area contributed by atoms with Gasteiger partial charge in [-0.05, 0) is 12.8 Å². The number of rotatable bonds is 4. The van der Waals surface area contributed by atoms with Crippen LogP contribution in [0.5, 0.6) is 0 Å². The zero-order valence-electron chi connectivity index (χ0n) is 11.8. The zero-order chi connectivity index (χ0) is 14.8. The minimum absolute atomic E-state index is 0.369. The molecule has 3 rings (SSSR count). The number of nitrogens with two attached hydrogens (primary N) is 1. The lowest BCUT2D eigenvalue weighted by Gasteiger charge is -2.22. The largest absolute Gasteiger partial charge is 0.289 e. The highest BCUT2D eigenvalue weighted by molar-refractivity contribution is 7.15. The topological polar surface area (TPSA) is 93.8 Å². The molecule has 6 nitrogen and oxygen atoms in total. The van der Waals surface area contributed by atoms with Gasteiger partial charge in [-0.25, -0.2) is 20.8 Å². The summed E-state index contributed by atoms with van der Waals surface area (Å²) >= 11 is 1.55. The predicted molar refractivity (Wildman–Crippen MR) is 80.8 cm³/mol. The molecule has 1 fully saturated rings. The molecule has 2 aromatic rings. The van der Waals surface area contributed by atoms with E-state index in [1.165, 1.54) is 6.42 Å². The van der Waals surface area contributed by atoms with Crippen LogP contribution < -0.4 is 11.3 Å². The third kappa shape index (κ3) is 2.66. The third-order valence-corrected chi connectivity index (χ3v) is 4.99. The van der Waals surface area contributed by atoms with Crippen molar-refractivity contribution in [1.82, 2.24) is 20.4 Å². The summed E-state index contributed by atoms with van der Waals surface area (Å²) in [6, 6.07) is 0. The lowest BCUT2D eigenvalue weighted by Crippen LogP contribution is -2.30. The first-order valence-electron chi connectivity index (χ1n) is 7.06. The van der Waals surface area contributed by atoms with Crippen LogP contribution in [-0.4, -0.2) is 20.9 Å². The lowest BCUT2D eigenvalue weighted by molar-refractivity contribution is 0.0949. The van der Waals surface area contributed by atoms with Gasteiger partial charge in [0.25, 0.3) is 5.91 Å². The molecule has 1 saturated carbocycles. The van der Waals surface area contributed by atoms with Gasteiger partial charge < -0.3 is 0 Å². The van der Waals surface area contributed by atoms with Crippen LogP contribution in [0.2, 0.25) is 0 Å². The highest BCUT2D eigenvalue weighted by atomic mass is 32.1. The van der Waals surface area contributed by atoms with Crippen molar-refractivity contribution in [2.24, 2.45) is 5.84 Å². The molecule has 0 bridgehead atoms. The molecule has 110 valence electrons. The molecule has 21 heavy (non-hydrogen) atoms. The van der Waals surface area contributed by atoms with Crippen molar-refractivity contribution < 1.29 is 4.79 Å². The number of thiazole rings is 1. The Hall–Kier alpha value is -1.86.